The molecule has 0 unspecified atom stereocenters. The van der Waals surface area contributed by atoms with Crippen LogP contribution in [0.4, 0.5) is 5.69 Å². The monoisotopic (exact) mass is 450 g/mol. The first-order chi connectivity index (χ1) is 13.8. The van der Waals surface area contributed by atoms with Gasteiger partial charge in [-0.15, -0.1) is 10.2 Å². The van der Waals surface area contributed by atoms with E-state index in [2.05, 4.69) is 15.5 Å². The second-order valence-corrected chi connectivity index (χ2v) is 8.21. The number of nitrogens with zero attached hydrogens (tertiary/aromatic N) is 3. The summed E-state index contributed by atoms with van der Waals surface area (Å²) in [5.74, 6) is 1.47. The van der Waals surface area contributed by atoms with Gasteiger partial charge in [-0.1, -0.05) is 53.2 Å². The van der Waals surface area contributed by atoms with Gasteiger partial charge in [-0.2, -0.15) is 0 Å². The zero-order valence-electron chi connectivity index (χ0n) is 16.2. The van der Waals surface area contributed by atoms with Crippen molar-refractivity contribution in [2.75, 3.05) is 11.1 Å². The number of para-hydroxylation sites is 1. The van der Waals surface area contributed by atoms with E-state index in [0.29, 0.717) is 33.3 Å². The van der Waals surface area contributed by atoms with Crippen LogP contribution in [0.2, 0.25) is 10.0 Å². The standard InChI is InChI=1S/C20H20Cl2N4O2S/c1-12-5-4-6-13(2)19(12)28-10-17-24-25-20(26(17)3)29-11-18(27)23-16-9-14(21)7-8-15(16)22/h4-9H,10-11H2,1-3H3,(H,23,27). The molecular weight excluding hydrogens is 431 g/mol. The molecule has 0 fully saturated rings. The van der Waals surface area contributed by atoms with Crippen molar-refractivity contribution < 1.29 is 9.53 Å². The number of carbonyl (C=O) groups excluding carboxylic acids is 1. The Labute approximate surface area is 183 Å². The van der Waals surface area contributed by atoms with E-state index in [0.717, 1.165) is 16.9 Å². The lowest BCUT2D eigenvalue weighted by atomic mass is 10.1. The Hall–Kier alpha value is -2.22. The normalized spacial score (nSPS) is 10.8. The van der Waals surface area contributed by atoms with Gasteiger partial charge in [0.15, 0.2) is 11.0 Å². The summed E-state index contributed by atoms with van der Waals surface area (Å²) in [4.78, 5) is 12.2. The van der Waals surface area contributed by atoms with Crippen LogP contribution in [-0.2, 0) is 18.4 Å². The van der Waals surface area contributed by atoms with Gasteiger partial charge in [0.05, 0.1) is 16.5 Å². The maximum atomic E-state index is 12.2. The summed E-state index contributed by atoms with van der Waals surface area (Å²) in [6.45, 7) is 4.30. The molecule has 0 atom stereocenters. The van der Waals surface area contributed by atoms with Crippen molar-refractivity contribution >= 4 is 46.6 Å². The number of ether oxygens (including phenoxy) is 1. The number of hydrogen-bond acceptors (Lipinski definition) is 5. The highest BCUT2D eigenvalue weighted by Gasteiger charge is 2.14. The molecule has 0 saturated heterocycles. The molecule has 0 saturated carbocycles. The number of benzene rings is 2. The summed E-state index contributed by atoms with van der Waals surface area (Å²) in [5, 5.41) is 12.6. The van der Waals surface area contributed by atoms with E-state index in [4.69, 9.17) is 27.9 Å². The van der Waals surface area contributed by atoms with Crippen molar-refractivity contribution in [3.05, 3.63) is 63.4 Å². The topological polar surface area (TPSA) is 69.0 Å². The molecule has 2 aromatic carbocycles. The highest BCUT2D eigenvalue weighted by molar-refractivity contribution is 7.99. The molecule has 3 rings (SSSR count). The molecule has 1 aromatic heterocycles. The Morgan fingerprint density at radius 1 is 1.17 bits per heavy atom. The average Bonchev–Trinajstić information content (AvgIpc) is 3.02. The van der Waals surface area contributed by atoms with Crippen molar-refractivity contribution in [2.45, 2.75) is 25.6 Å². The zero-order valence-corrected chi connectivity index (χ0v) is 18.5. The molecule has 0 bridgehead atoms. The van der Waals surface area contributed by atoms with Crippen LogP contribution in [0.5, 0.6) is 5.75 Å². The minimum Gasteiger partial charge on any atom is -0.485 e. The summed E-state index contributed by atoms with van der Waals surface area (Å²) in [6, 6.07) is 10.9. The fraction of sp³-hybridized carbons (Fsp3) is 0.250. The lowest BCUT2D eigenvalue weighted by Crippen LogP contribution is -2.15. The Morgan fingerprint density at radius 2 is 1.90 bits per heavy atom. The summed E-state index contributed by atoms with van der Waals surface area (Å²) in [6.07, 6.45) is 0. The van der Waals surface area contributed by atoms with Gasteiger partial charge in [0.2, 0.25) is 5.91 Å². The molecule has 0 aliphatic rings. The molecule has 1 amide bonds. The Balaban J connectivity index is 1.58. The maximum Gasteiger partial charge on any atom is 0.234 e. The number of hydrogen-bond donors (Lipinski definition) is 1. The Morgan fingerprint density at radius 3 is 2.62 bits per heavy atom. The van der Waals surface area contributed by atoms with Gasteiger partial charge >= 0.3 is 0 Å². The van der Waals surface area contributed by atoms with E-state index in [9.17, 15) is 4.79 Å². The number of nitrogens with one attached hydrogen (secondary N) is 1. The summed E-state index contributed by atoms with van der Waals surface area (Å²) >= 11 is 13.3. The van der Waals surface area contributed by atoms with Crippen molar-refractivity contribution in [2.24, 2.45) is 7.05 Å². The second-order valence-electron chi connectivity index (χ2n) is 6.43. The predicted molar refractivity (Wildman–Crippen MR) is 117 cm³/mol. The van der Waals surface area contributed by atoms with Gasteiger partial charge in [-0.3, -0.25) is 4.79 Å². The molecule has 0 spiro atoms. The third kappa shape index (κ3) is 5.44. The number of thioether (sulfide) groups is 1. The van der Waals surface area contributed by atoms with Crippen molar-refractivity contribution in [3.8, 4) is 5.75 Å². The molecule has 1 heterocycles. The molecule has 152 valence electrons. The molecule has 1 N–H and O–H groups in total. The van der Waals surface area contributed by atoms with Crippen molar-refractivity contribution in [3.63, 3.8) is 0 Å². The van der Waals surface area contributed by atoms with Crippen LogP contribution < -0.4 is 10.1 Å². The molecule has 9 heteroatoms. The second kappa shape index (κ2) is 9.52. The van der Waals surface area contributed by atoms with E-state index in [1.807, 2.05) is 43.7 Å². The highest BCUT2D eigenvalue weighted by Crippen LogP contribution is 2.26. The highest BCUT2D eigenvalue weighted by atomic mass is 35.5. The summed E-state index contributed by atoms with van der Waals surface area (Å²) in [5.41, 5.74) is 2.61. The van der Waals surface area contributed by atoms with Gasteiger partial charge in [0.25, 0.3) is 0 Å². The van der Waals surface area contributed by atoms with Crippen LogP contribution in [0.3, 0.4) is 0 Å². The minimum atomic E-state index is -0.212. The van der Waals surface area contributed by atoms with Gasteiger partial charge in [0, 0.05) is 12.1 Å². The molecule has 0 aliphatic carbocycles. The van der Waals surface area contributed by atoms with E-state index in [-0.39, 0.29) is 11.7 Å². The average molecular weight is 451 g/mol. The number of aromatic nitrogens is 3. The van der Waals surface area contributed by atoms with Crippen LogP contribution >= 0.6 is 35.0 Å². The number of halogens is 2. The first-order valence-corrected chi connectivity index (χ1v) is 10.5. The molecule has 6 nitrogen and oxygen atoms in total. The van der Waals surface area contributed by atoms with Crippen molar-refractivity contribution in [1.82, 2.24) is 14.8 Å². The van der Waals surface area contributed by atoms with Gasteiger partial charge in [-0.05, 0) is 43.2 Å². The number of anilines is 1. The van der Waals surface area contributed by atoms with Crippen LogP contribution in [-0.4, -0.2) is 26.4 Å². The Bertz CT molecular complexity index is 1020. The third-order valence-electron chi connectivity index (χ3n) is 4.21. The number of carbonyl (C=O) groups is 1. The lowest BCUT2D eigenvalue weighted by Gasteiger charge is -2.11. The van der Waals surface area contributed by atoms with Gasteiger partial charge in [-0.25, -0.2) is 0 Å². The molecular formula is C20H20Cl2N4O2S. The van der Waals surface area contributed by atoms with E-state index >= 15 is 0 Å². The largest absolute Gasteiger partial charge is 0.485 e. The Kier molecular flexibility index (Phi) is 7.05. The van der Waals surface area contributed by atoms with Crippen LogP contribution in [0, 0.1) is 13.8 Å². The van der Waals surface area contributed by atoms with Gasteiger partial charge < -0.3 is 14.6 Å². The molecule has 0 aliphatic heterocycles. The SMILES string of the molecule is Cc1cccc(C)c1OCc1nnc(SCC(=O)Nc2cc(Cl)ccc2Cl)n1C. The number of amides is 1. The third-order valence-corrected chi connectivity index (χ3v) is 5.80. The molecule has 29 heavy (non-hydrogen) atoms. The molecule has 0 radical (unpaired) electrons. The molecule has 3 aromatic rings. The fourth-order valence-corrected chi connectivity index (χ4v) is 3.74. The first-order valence-electron chi connectivity index (χ1n) is 8.80. The number of rotatable bonds is 7. The predicted octanol–water partition coefficient (Wildman–Crippen LogP) is 5.05. The van der Waals surface area contributed by atoms with Gasteiger partial charge in [0.1, 0.15) is 12.4 Å². The fourth-order valence-electron chi connectivity index (χ4n) is 2.67. The summed E-state index contributed by atoms with van der Waals surface area (Å²) < 4.78 is 7.76. The van der Waals surface area contributed by atoms with Crippen LogP contribution in [0.15, 0.2) is 41.6 Å². The van der Waals surface area contributed by atoms with Crippen molar-refractivity contribution in [1.29, 1.82) is 0 Å². The first kappa shape index (κ1) is 21.5. The smallest absolute Gasteiger partial charge is 0.234 e. The minimum absolute atomic E-state index is 0.159. The maximum absolute atomic E-state index is 12.2. The summed E-state index contributed by atoms with van der Waals surface area (Å²) in [7, 11) is 1.84. The zero-order chi connectivity index (χ0) is 21.0. The lowest BCUT2D eigenvalue weighted by molar-refractivity contribution is -0.113. The van der Waals surface area contributed by atoms with Crippen LogP contribution in [0.25, 0.3) is 0 Å². The van der Waals surface area contributed by atoms with E-state index in [1.54, 1.807) is 18.2 Å². The van der Waals surface area contributed by atoms with Crippen LogP contribution in [0.1, 0.15) is 17.0 Å². The van der Waals surface area contributed by atoms with E-state index in [1.165, 1.54) is 11.8 Å². The van der Waals surface area contributed by atoms with E-state index < -0.39 is 0 Å². The quantitative estimate of drug-likeness (QED) is 0.510. The number of aryl methyl sites for hydroxylation is 2.